The van der Waals surface area contributed by atoms with Crippen molar-refractivity contribution in [1.29, 1.82) is 0 Å². The molecule has 0 aliphatic carbocycles. The van der Waals surface area contributed by atoms with Gasteiger partial charge in [-0.3, -0.25) is 9.59 Å². The number of carbonyl (C=O) groups is 2. The number of piperazine rings is 1. The van der Waals surface area contributed by atoms with E-state index in [4.69, 9.17) is 16.3 Å². The monoisotopic (exact) mass is 357 g/mol. The van der Waals surface area contributed by atoms with Gasteiger partial charge in [0, 0.05) is 39.8 Å². The minimum Gasteiger partial charge on any atom is -0.383 e. The topological polar surface area (TPSA) is 61.9 Å². The van der Waals surface area contributed by atoms with Crippen LogP contribution in [0.15, 0.2) is 18.2 Å². The van der Waals surface area contributed by atoms with Crippen LogP contribution in [-0.4, -0.2) is 74.6 Å². The van der Waals surface area contributed by atoms with Crippen LogP contribution in [0.25, 0.3) is 0 Å². The van der Waals surface area contributed by atoms with E-state index in [1.807, 2.05) is 0 Å². The summed E-state index contributed by atoms with van der Waals surface area (Å²) < 4.78 is 18.7. The van der Waals surface area contributed by atoms with Gasteiger partial charge < -0.3 is 19.9 Å². The predicted molar refractivity (Wildman–Crippen MR) is 88.6 cm³/mol. The van der Waals surface area contributed by atoms with E-state index in [2.05, 4.69) is 5.32 Å². The van der Waals surface area contributed by atoms with Gasteiger partial charge in [-0.2, -0.15) is 0 Å². The number of hydrogen-bond acceptors (Lipinski definition) is 4. The molecule has 8 heteroatoms. The molecule has 0 spiro atoms. The number of methoxy groups -OCH3 is 1. The lowest BCUT2D eigenvalue weighted by molar-refractivity contribution is -0.131. The zero-order valence-corrected chi connectivity index (χ0v) is 14.3. The van der Waals surface area contributed by atoms with Gasteiger partial charge in [-0.1, -0.05) is 17.7 Å². The van der Waals surface area contributed by atoms with E-state index in [1.165, 1.54) is 23.1 Å². The molecule has 1 aromatic carbocycles. The Balaban J connectivity index is 1.86. The maximum Gasteiger partial charge on any atom is 0.258 e. The number of benzene rings is 1. The molecule has 1 aromatic rings. The second-order valence-corrected chi connectivity index (χ2v) is 5.85. The molecular formula is C16H21ClFN3O3. The van der Waals surface area contributed by atoms with Crippen LogP contribution in [0.2, 0.25) is 5.02 Å². The van der Waals surface area contributed by atoms with Crippen LogP contribution >= 0.6 is 11.6 Å². The average Bonchev–Trinajstić information content (AvgIpc) is 2.58. The molecule has 1 saturated heterocycles. The lowest BCUT2D eigenvalue weighted by Gasteiger charge is -2.35. The Morgan fingerprint density at radius 1 is 1.25 bits per heavy atom. The Bertz CT molecular complexity index is 572. The fourth-order valence-corrected chi connectivity index (χ4v) is 2.74. The van der Waals surface area contributed by atoms with E-state index in [0.29, 0.717) is 39.3 Å². The highest BCUT2D eigenvalue weighted by Gasteiger charge is 2.27. The lowest BCUT2D eigenvalue weighted by Crippen LogP contribution is -2.52. The SMILES string of the molecule is COCCNCC(=O)N1CCN(C(=O)c2c(F)cccc2Cl)CC1. The van der Waals surface area contributed by atoms with Crippen molar-refractivity contribution in [3.8, 4) is 0 Å². The molecule has 0 atom stereocenters. The van der Waals surface area contributed by atoms with Crippen LogP contribution in [0.4, 0.5) is 4.39 Å². The summed E-state index contributed by atoms with van der Waals surface area (Å²) >= 11 is 5.94. The van der Waals surface area contributed by atoms with Crippen molar-refractivity contribution in [2.45, 2.75) is 0 Å². The van der Waals surface area contributed by atoms with Crippen LogP contribution in [-0.2, 0) is 9.53 Å². The zero-order chi connectivity index (χ0) is 17.5. The number of hydrogen-bond donors (Lipinski definition) is 1. The molecule has 1 fully saturated rings. The van der Waals surface area contributed by atoms with Crippen LogP contribution in [0.3, 0.4) is 0 Å². The highest BCUT2D eigenvalue weighted by Crippen LogP contribution is 2.21. The smallest absolute Gasteiger partial charge is 0.258 e. The van der Waals surface area contributed by atoms with E-state index in [9.17, 15) is 14.0 Å². The molecule has 0 unspecified atom stereocenters. The molecule has 0 saturated carbocycles. The van der Waals surface area contributed by atoms with Crippen LogP contribution in [0, 0.1) is 5.82 Å². The fourth-order valence-electron chi connectivity index (χ4n) is 2.50. The van der Waals surface area contributed by atoms with Gasteiger partial charge in [0.1, 0.15) is 5.82 Å². The molecule has 6 nitrogen and oxygen atoms in total. The third-order valence-electron chi connectivity index (χ3n) is 3.86. The van der Waals surface area contributed by atoms with Crippen molar-refractivity contribution in [1.82, 2.24) is 15.1 Å². The van der Waals surface area contributed by atoms with Gasteiger partial charge >= 0.3 is 0 Å². The number of carbonyl (C=O) groups excluding carboxylic acids is 2. The summed E-state index contributed by atoms with van der Waals surface area (Å²) in [6.07, 6.45) is 0. The third kappa shape index (κ3) is 4.66. The molecule has 1 heterocycles. The number of amides is 2. The molecule has 0 radical (unpaired) electrons. The van der Waals surface area contributed by atoms with Gasteiger partial charge in [-0.25, -0.2) is 4.39 Å². The first-order valence-corrected chi connectivity index (χ1v) is 8.13. The first kappa shape index (κ1) is 18.6. The van der Waals surface area contributed by atoms with E-state index in [1.54, 1.807) is 12.0 Å². The van der Waals surface area contributed by atoms with Crippen molar-refractivity contribution in [3.05, 3.63) is 34.6 Å². The van der Waals surface area contributed by atoms with E-state index in [0.717, 1.165) is 0 Å². The largest absolute Gasteiger partial charge is 0.383 e. The summed E-state index contributed by atoms with van der Waals surface area (Å²) in [6, 6.07) is 4.16. The number of halogens is 2. The zero-order valence-electron chi connectivity index (χ0n) is 13.6. The van der Waals surface area contributed by atoms with Crippen LogP contribution in [0.1, 0.15) is 10.4 Å². The van der Waals surface area contributed by atoms with Crippen molar-refractivity contribution in [2.24, 2.45) is 0 Å². The highest BCUT2D eigenvalue weighted by molar-refractivity contribution is 6.33. The molecule has 1 N–H and O–H groups in total. The summed E-state index contributed by atoms with van der Waals surface area (Å²) in [5.74, 6) is -1.10. The van der Waals surface area contributed by atoms with Crippen LogP contribution in [0.5, 0.6) is 0 Å². The first-order chi connectivity index (χ1) is 11.5. The second-order valence-electron chi connectivity index (χ2n) is 5.44. The van der Waals surface area contributed by atoms with Crippen molar-refractivity contribution in [2.75, 3.05) is 53.0 Å². The summed E-state index contributed by atoms with van der Waals surface area (Å²) in [5, 5.41) is 3.09. The molecule has 1 aliphatic rings. The second kappa shape index (κ2) is 8.96. The van der Waals surface area contributed by atoms with Crippen LogP contribution < -0.4 is 5.32 Å². The van der Waals surface area contributed by atoms with Gasteiger partial charge in [0.25, 0.3) is 5.91 Å². The number of nitrogens with zero attached hydrogens (tertiary/aromatic N) is 2. The number of rotatable bonds is 6. The quantitative estimate of drug-likeness (QED) is 0.772. The third-order valence-corrected chi connectivity index (χ3v) is 4.17. The summed E-state index contributed by atoms with van der Waals surface area (Å²) in [4.78, 5) is 27.7. The minimum atomic E-state index is -0.631. The van der Waals surface area contributed by atoms with E-state index >= 15 is 0 Å². The molecule has 0 aromatic heterocycles. The fraction of sp³-hybridized carbons (Fsp3) is 0.500. The van der Waals surface area contributed by atoms with Gasteiger partial charge in [0.05, 0.1) is 23.7 Å². The Hall–Kier alpha value is -1.70. The van der Waals surface area contributed by atoms with Gasteiger partial charge in [0.2, 0.25) is 5.91 Å². The lowest BCUT2D eigenvalue weighted by atomic mass is 10.1. The number of nitrogens with one attached hydrogen (secondary N) is 1. The molecule has 1 aliphatic heterocycles. The minimum absolute atomic E-state index is 0.0258. The molecule has 132 valence electrons. The van der Waals surface area contributed by atoms with Gasteiger partial charge in [-0.15, -0.1) is 0 Å². The molecular weight excluding hydrogens is 337 g/mol. The Morgan fingerprint density at radius 3 is 2.54 bits per heavy atom. The predicted octanol–water partition coefficient (Wildman–Crippen LogP) is 1.000. The summed E-state index contributed by atoms with van der Waals surface area (Å²) in [5.41, 5.74) is -0.111. The maximum atomic E-state index is 13.8. The molecule has 24 heavy (non-hydrogen) atoms. The number of ether oxygens (including phenoxy) is 1. The van der Waals surface area contributed by atoms with Gasteiger partial charge in [0.15, 0.2) is 0 Å². The summed E-state index contributed by atoms with van der Waals surface area (Å²) in [7, 11) is 1.60. The molecule has 2 amide bonds. The Kier molecular flexibility index (Phi) is 6.96. The normalized spacial score (nSPS) is 14.8. The highest BCUT2D eigenvalue weighted by atomic mass is 35.5. The van der Waals surface area contributed by atoms with Crippen molar-refractivity contribution in [3.63, 3.8) is 0 Å². The standard InChI is InChI=1S/C16H21ClFN3O3/c1-24-10-5-19-11-14(22)20-6-8-21(9-7-20)16(23)15-12(17)3-2-4-13(15)18/h2-4,19H,5-11H2,1H3. The van der Waals surface area contributed by atoms with Gasteiger partial charge in [-0.05, 0) is 12.1 Å². The van der Waals surface area contributed by atoms with E-state index < -0.39 is 11.7 Å². The van der Waals surface area contributed by atoms with Crippen molar-refractivity contribution < 1.29 is 18.7 Å². The first-order valence-electron chi connectivity index (χ1n) is 7.75. The molecule has 0 bridgehead atoms. The Morgan fingerprint density at radius 2 is 1.92 bits per heavy atom. The van der Waals surface area contributed by atoms with E-state index in [-0.39, 0.29) is 23.0 Å². The summed E-state index contributed by atoms with van der Waals surface area (Å²) in [6.45, 7) is 2.92. The maximum absolute atomic E-state index is 13.8. The Labute approximate surface area is 145 Å². The average molecular weight is 358 g/mol. The molecule has 2 rings (SSSR count). The van der Waals surface area contributed by atoms with Crippen molar-refractivity contribution >= 4 is 23.4 Å².